The monoisotopic (exact) mass is 271 g/mol. The zero-order chi connectivity index (χ0) is 14.1. The fourth-order valence-corrected chi connectivity index (χ4v) is 2.84. The molecule has 5 heteroatoms. The summed E-state index contributed by atoms with van der Waals surface area (Å²) in [6.45, 7) is 4.89. The number of hydrogen-bond acceptors (Lipinski definition) is 3. The molecule has 3 rings (SSSR count). The minimum Gasteiger partial charge on any atom is -0.358 e. The van der Waals surface area contributed by atoms with Gasteiger partial charge in [-0.1, -0.05) is 6.08 Å². The summed E-state index contributed by atoms with van der Waals surface area (Å²) in [5.74, 6) is -0.135. The second kappa shape index (κ2) is 5.00. The molecule has 0 unspecified atom stereocenters. The molecule has 20 heavy (non-hydrogen) atoms. The summed E-state index contributed by atoms with van der Waals surface area (Å²) in [5.41, 5.74) is 2.27. The molecule has 2 aliphatic rings. The van der Waals surface area contributed by atoms with E-state index in [0.29, 0.717) is 12.1 Å². The first-order valence-electron chi connectivity index (χ1n) is 6.81. The zero-order valence-corrected chi connectivity index (χ0v) is 11.2. The van der Waals surface area contributed by atoms with E-state index >= 15 is 0 Å². The molecule has 1 aromatic carbocycles. The first kappa shape index (κ1) is 12.7. The number of nitrogens with zero attached hydrogens (tertiary/aromatic N) is 1. The van der Waals surface area contributed by atoms with E-state index in [1.165, 1.54) is 0 Å². The lowest BCUT2D eigenvalue weighted by atomic mass is 10.1. The molecule has 104 valence electrons. The van der Waals surface area contributed by atoms with Gasteiger partial charge in [0.25, 0.3) is 5.91 Å². The van der Waals surface area contributed by atoms with Crippen LogP contribution in [0.4, 0.5) is 11.4 Å². The van der Waals surface area contributed by atoms with Crippen LogP contribution in [0.15, 0.2) is 30.9 Å². The quantitative estimate of drug-likeness (QED) is 0.819. The van der Waals surface area contributed by atoms with Gasteiger partial charge >= 0.3 is 0 Å². The van der Waals surface area contributed by atoms with Gasteiger partial charge in [0.15, 0.2) is 0 Å². The smallest absolute Gasteiger partial charge is 0.251 e. The zero-order valence-electron chi connectivity index (χ0n) is 11.2. The van der Waals surface area contributed by atoms with Gasteiger partial charge in [-0.15, -0.1) is 6.58 Å². The normalized spacial score (nSPS) is 19.9. The first-order valence-corrected chi connectivity index (χ1v) is 6.81. The highest BCUT2D eigenvalue weighted by atomic mass is 16.2. The number of carbonyl (C=O) groups is 2. The molecular weight excluding hydrogens is 254 g/mol. The largest absolute Gasteiger partial charge is 0.358 e. The minimum atomic E-state index is -0.162. The molecule has 1 aromatic rings. The van der Waals surface area contributed by atoms with Crippen molar-refractivity contribution in [3.8, 4) is 0 Å². The molecule has 1 saturated heterocycles. The minimum absolute atomic E-state index is 0.0265. The number of rotatable bonds is 3. The Bertz CT molecular complexity index is 582. The van der Waals surface area contributed by atoms with E-state index < -0.39 is 0 Å². The molecule has 0 bridgehead atoms. The Kier molecular flexibility index (Phi) is 3.18. The molecule has 1 fully saturated rings. The molecule has 2 aliphatic heterocycles. The number of nitrogens with one attached hydrogen (secondary N) is 2. The Morgan fingerprint density at radius 2 is 2.40 bits per heavy atom. The average Bonchev–Trinajstić information content (AvgIpc) is 2.94. The fourth-order valence-electron chi connectivity index (χ4n) is 2.84. The second-order valence-corrected chi connectivity index (χ2v) is 5.07. The van der Waals surface area contributed by atoms with E-state index in [9.17, 15) is 9.59 Å². The van der Waals surface area contributed by atoms with Crippen LogP contribution < -0.4 is 15.5 Å². The van der Waals surface area contributed by atoms with Crippen LogP contribution in [0.3, 0.4) is 0 Å². The molecule has 0 aliphatic carbocycles. The summed E-state index contributed by atoms with van der Waals surface area (Å²) in [5, 5.41) is 5.63. The molecule has 0 saturated carbocycles. The van der Waals surface area contributed by atoms with Crippen LogP contribution in [-0.2, 0) is 4.79 Å². The summed E-state index contributed by atoms with van der Waals surface area (Å²) in [6.07, 6.45) is 3.55. The number of anilines is 2. The Morgan fingerprint density at radius 1 is 1.55 bits per heavy atom. The van der Waals surface area contributed by atoms with Crippen LogP contribution in [0.2, 0.25) is 0 Å². The third-order valence-corrected chi connectivity index (χ3v) is 3.79. The van der Waals surface area contributed by atoms with Crippen molar-refractivity contribution in [2.24, 2.45) is 0 Å². The number of fused-ring (bicyclic) bond motifs is 3. The lowest BCUT2D eigenvalue weighted by Crippen LogP contribution is -2.44. The number of carbonyl (C=O) groups excluding carboxylic acids is 2. The van der Waals surface area contributed by atoms with Crippen molar-refractivity contribution >= 4 is 23.2 Å². The molecule has 2 amide bonds. The Balaban J connectivity index is 1.90. The SMILES string of the molecule is C=CCNC(=O)c1ccc2c(c1)NC(=O)[C@@H]1CCCN21. The molecule has 2 N–H and O–H groups in total. The van der Waals surface area contributed by atoms with E-state index in [2.05, 4.69) is 22.1 Å². The Hall–Kier alpha value is -2.30. The van der Waals surface area contributed by atoms with Crippen molar-refractivity contribution in [3.63, 3.8) is 0 Å². The van der Waals surface area contributed by atoms with Crippen LogP contribution in [0.5, 0.6) is 0 Å². The van der Waals surface area contributed by atoms with Gasteiger partial charge in [-0.3, -0.25) is 9.59 Å². The number of amides is 2. The van der Waals surface area contributed by atoms with Gasteiger partial charge in [-0.25, -0.2) is 0 Å². The van der Waals surface area contributed by atoms with Gasteiger partial charge in [0.05, 0.1) is 11.4 Å². The highest BCUT2D eigenvalue weighted by Gasteiger charge is 2.36. The highest BCUT2D eigenvalue weighted by molar-refractivity contribution is 6.06. The van der Waals surface area contributed by atoms with Gasteiger partial charge in [-0.2, -0.15) is 0 Å². The van der Waals surface area contributed by atoms with Gasteiger partial charge < -0.3 is 15.5 Å². The first-order chi connectivity index (χ1) is 9.70. The van der Waals surface area contributed by atoms with Gasteiger partial charge in [0.1, 0.15) is 6.04 Å². The Morgan fingerprint density at radius 3 is 3.20 bits per heavy atom. The van der Waals surface area contributed by atoms with E-state index in [0.717, 1.165) is 30.8 Å². The maximum atomic E-state index is 12.0. The lowest BCUT2D eigenvalue weighted by molar-refractivity contribution is -0.117. The van der Waals surface area contributed by atoms with Crippen molar-refractivity contribution in [2.75, 3.05) is 23.3 Å². The van der Waals surface area contributed by atoms with Crippen molar-refractivity contribution in [1.82, 2.24) is 5.32 Å². The highest BCUT2D eigenvalue weighted by Crippen LogP contribution is 2.37. The van der Waals surface area contributed by atoms with Gasteiger partial charge in [-0.05, 0) is 31.0 Å². The van der Waals surface area contributed by atoms with E-state index in [1.807, 2.05) is 6.07 Å². The maximum Gasteiger partial charge on any atom is 0.251 e. The van der Waals surface area contributed by atoms with Crippen LogP contribution in [0, 0.1) is 0 Å². The van der Waals surface area contributed by atoms with Crippen LogP contribution in [-0.4, -0.2) is 30.9 Å². The summed E-state index contributed by atoms with van der Waals surface area (Å²) in [4.78, 5) is 26.1. The predicted octanol–water partition coefficient (Wildman–Crippen LogP) is 1.52. The van der Waals surface area contributed by atoms with E-state index in [1.54, 1.807) is 18.2 Å². The molecule has 0 radical (unpaired) electrons. The molecule has 1 atom stereocenters. The summed E-state index contributed by atoms with van der Waals surface area (Å²) < 4.78 is 0. The van der Waals surface area contributed by atoms with Crippen molar-refractivity contribution in [1.29, 1.82) is 0 Å². The molecule has 2 heterocycles. The molecule has 0 aromatic heterocycles. The molecular formula is C15H17N3O2. The third-order valence-electron chi connectivity index (χ3n) is 3.79. The Labute approximate surface area is 117 Å². The maximum absolute atomic E-state index is 12.0. The van der Waals surface area contributed by atoms with Crippen molar-refractivity contribution < 1.29 is 9.59 Å². The summed E-state index contributed by atoms with van der Waals surface area (Å²) >= 11 is 0. The van der Waals surface area contributed by atoms with Crippen LogP contribution in [0.1, 0.15) is 23.2 Å². The van der Waals surface area contributed by atoms with Gasteiger partial charge in [0.2, 0.25) is 5.91 Å². The summed E-state index contributed by atoms with van der Waals surface area (Å²) in [7, 11) is 0. The van der Waals surface area contributed by atoms with Crippen molar-refractivity contribution in [3.05, 3.63) is 36.4 Å². The number of benzene rings is 1. The molecule has 5 nitrogen and oxygen atoms in total. The van der Waals surface area contributed by atoms with E-state index in [-0.39, 0.29) is 17.9 Å². The predicted molar refractivity (Wildman–Crippen MR) is 78.0 cm³/mol. The standard InChI is InChI=1S/C15H17N3O2/c1-2-7-16-14(19)10-5-6-12-11(9-10)17-15(20)13-4-3-8-18(12)13/h2,5-6,9,13H,1,3-4,7-8H2,(H,16,19)(H,17,20)/t13-/m0/s1. The van der Waals surface area contributed by atoms with Crippen molar-refractivity contribution in [2.45, 2.75) is 18.9 Å². The number of hydrogen-bond donors (Lipinski definition) is 2. The second-order valence-electron chi connectivity index (χ2n) is 5.07. The van der Waals surface area contributed by atoms with Crippen LogP contribution in [0.25, 0.3) is 0 Å². The van der Waals surface area contributed by atoms with Crippen LogP contribution >= 0.6 is 0 Å². The molecule has 0 spiro atoms. The third kappa shape index (κ3) is 2.05. The fraction of sp³-hybridized carbons (Fsp3) is 0.333. The van der Waals surface area contributed by atoms with Gasteiger partial charge in [0, 0.05) is 18.7 Å². The van der Waals surface area contributed by atoms with E-state index in [4.69, 9.17) is 0 Å². The lowest BCUT2D eigenvalue weighted by Gasteiger charge is -2.33. The summed E-state index contributed by atoms with van der Waals surface area (Å²) in [6, 6.07) is 5.39. The topological polar surface area (TPSA) is 61.4 Å². The average molecular weight is 271 g/mol.